The van der Waals surface area contributed by atoms with E-state index < -0.39 is 0 Å². The van der Waals surface area contributed by atoms with Crippen molar-refractivity contribution in [2.75, 3.05) is 6.61 Å². The molecule has 0 amide bonds. The normalized spacial score (nSPS) is 10.0. The van der Waals surface area contributed by atoms with Crippen LogP contribution in [0.25, 0.3) is 0 Å². The number of rotatable bonds is 3. The molecule has 0 aliphatic heterocycles. The van der Waals surface area contributed by atoms with Crippen molar-refractivity contribution in [1.82, 2.24) is 0 Å². The Bertz CT molecular complexity index is 50.0. The molecule has 7 heavy (non-hydrogen) atoms. The maximum atomic E-state index is 4.49. The molecule has 0 saturated heterocycles. The molecule has 0 fully saturated rings. The predicted octanol–water partition coefficient (Wildman–Crippen LogP) is 1.49. The van der Waals surface area contributed by atoms with E-state index >= 15 is 0 Å². The third kappa shape index (κ3) is 5.50. The smallest absolute Gasteiger partial charge is 0.125 e. The highest BCUT2D eigenvalue weighted by molar-refractivity contribution is 4.62. The van der Waals surface area contributed by atoms with Gasteiger partial charge in [0.2, 0.25) is 0 Å². The van der Waals surface area contributed by atoms with E-state index in [-0.39, 0.29) is 0 Å². The average molecular weight is 102 g/mol. The molecule has 0 unspecified atom stereocenters. The summed E-state index contributed by atoms with van der Waals surface area (Å²) in [7, 11) is 0. The van der Waals surface area contributed by atoms with Gasteiger partial charge in [-0.2, -0.15) is 4.89 Å². The number of hydrogen-bond acceptors (Lipinski definition) is 2. The lowest BCUT2D eigenvalue weighted by atomic mass is 10.7. The molecule has 42 valence electrons. The summed E-state index contributed by atoms with van der Waals surface area (Å²) in [6.07, 6.45) is 3.25. The molecule has 0 spiro atoms. The minimum atomic E-state index is 0.588. The van der Waals surface area contributed by atoms with Crippen molar-refractivity contribution in [1.29, 1.82) is 0 Å². The molecule has 2 heteroatoms. The van der Waals surface area contributed by atoms with Gasteiger partial charge >= 0.3 is 0 Å². The van der Waals surface area contributed by atoms with Crippen LogP contribution >= 0.6 is 0 Å². The molecular formula is C5H10O2. The topological polar surface area (TPSA) is 18.5 Å². The van der Waals surface area contributed by atoms with Crippen molar-refractivity contribution in [3.8, 4) is 0 Å². The zero-order chi connectivity index (χ0) is 5.54. The Labute approximate surface area is 43.7 Å². The summed E-state index contributed by atoms with van der Waals surface area (Å²) in [5.41, 5.74) is 0. The lowest BCUT2D eigenvalue weighted by Crippen LogP contribution is -1.83. The van der Waals surface area contributed by atoms with Crippen molar-refractivity contribution >= 4 is 0 Å². The molecule has 0 aliphatic rings. The first kappa shape index (κ1) is 6.50. The predicted molar refractivity (Wildman–Crippen MR) is 27.5 cm³/mol. The molecule has 0 rings (SSSR count). The maximum absolute atomic E-state index is 4.49. The van der Waals surface area contributed by atoms with Gasteiger partial charge in [0, 0.05) is 0 Å². The van der Waals surface area contributed by atoms with Gasteiger partial charge in [-0.15, -0.1) is 0 Å². The molecule has 2 nitrogen and oxygen atoms in total. The average Bonchev–Trinajstić information content (AvgIpc) is 1.69. The summed E-state index contributed by atoms with van der Waals surface area (Å²) in [4.78, 5) is 8.94. The van der Waals surface area contributed by atoms with Crippen molar-refractivity contribution < 1.29 is 9.78 Å². The molecule has 0 aromatic heterocycles. The Morgan fingerprint density at radius 2 is 2.29 bits per heavy atom. The summed E-state index contributed by atoms with van der Waals surface area (Å²) < 4.78 is 0. The molecule has 0 radical (unpaired) electrons. The van der Waals surface area contributed by atoms with Crippen LogP contribution in [0.1, 0.15) is 13.8 Å². The van der Waals surface area contributed by atoms with E-state index in [9.17, 15) is 0 Å². The second kappa shape index (κ2) is 5.50. The molecule has 0 saturated carbocycles. The highest BCUT2D eigenvalue weighted by Gasteiger charge is 1.69. The van der Waals surface area contributed by atoms with Gasteiger partial charge < -0.3 is 4.89 Å². The SMILES string of the molecule is C/C=C/OOCC. The Balaban J connectivity index is 2.69. The van der Waals surface area contributed by atoms with E-state index in [1.807, 2.05) is 13.8 Å². The highest BCUT2D eigenvalue weighted by Crippen LogP contribution is 1.76. The quantitative estimate of drug-likeness (QED) is 0.232. The largest absolute Gasteiger partial charge is 0.346 e. The van der Waals surface area contributed by atoms with E-state index in [1.54, 1.807) is 6.08 Å². The van der Waals surface area contributed by atoms with Gasteiger partial charge in [0.1, 0.15) is 6.26 Å². The molecule has 0 aromatic rings. The van der Waals surface area contributed by atoms with Crippen molar-refractivity contribution in [3.63, 3.8) is 0 Å². The van der Waals surface area contributed by atoms with Gasteiger partial charge in [-0.05, 0) is 19.9 Å². The Kier molecular flexibility index (Phi) is 5.11. The lowest BCUT2D eigenvalue weighted by molar-refractivity contribution is -0.244. The zero-order valence-electron chi connectivity index (χ0n) is 4.68. The number of hydrogen-bond donors (Lipinski definition) is 0. The van der Waals surface area contributed by atoms with Crippen molar-refractivity contribution in [2.45, 2.75) is 13.8 Å². The molecule has 0 bridgehead atoms. The number of allylic oxidation sites excluding steroid dienone is 1. The minimum absolute atomic E-state index is 0.588. The monoisotopic (exact) mass is 102 g/mol. The summed E-state index contributed by atoms with van der Waals surface area (Å²) in [5.74, 6) is 0. The van der Waals surface area contributed by atoms with E-state index in [0.717, 1.165) is 0 Å². The molecule has 0 N–H and O–H groups in total. The molecular weight excluding hydrogens is 92.1 g/mol. The van der Waals surface area contributed by atoms with E-state index in [0.29, 0.717) is 6.61 Å². The first-order chi connectivity index (χ1) is 3.41. The Hall–Kier alpha value is -0.500. The van der Waals surface area contributed by atoms with Gasteiger partial charge in [0.25, 0.3) is 0 Å². The zero-order valence-corrected chi connectivity index (χ0v) is 4.68. The molecule has 0 atom stereocenters. The second-order valence-corrected chi connectivity index (χ2v) is 0.972. The lowest BCUT2D eigenvalue weighted by Gasteiger charge is -1.91. The standard InChI is InChI=1S/C5H10O2/c1-3-5-7-6-4-2/h3,5H,4H2,1-2H3/b5-3+. The van der Waals surface area contributed by atoms with Crippen LogP contribution in [0.2, 0.25) is 0 Å². The van der Waals surface area contributed by atoms with Crippen LogP contribution in [-0.2, 0) is 9.78 Å². The van der Waals surface area contributed by atoms with Crippen LogP contribution in [-0.4, -0.2) is 6.61 Å². The fraction of sp³-hybridized carbons (Fsp3) is 0.600. The van der Waals surface area contributed by atoms with E-state index in [2.05, 4.69) is 9.78 Å². The Morgan fingerprint density at radius 1 is 1.57 bits per heavy atom. The van der Waals surface area contributed by atoms with Crippen molar-refractivity contribution in [2.24, 2.45) is 0 Å². The highest BCUT2D eigenvalue weighted by atomic mass is 17.2. The summed E-state index contributed by atoms with van der Waals surface area (Å²) in [5, 5.41) is 0. The maximum Gasteiger partial charge on any atom is 0.125 e. The van der Waals surface area contributed by atoms with Gasteiger partial charge in [0.05, 0.1) is 6.61 Å². The van der Waals surface area contributed by atoms with Crippen LogP contribution in [0.15, 0.2) is 12.3 Å². The fourth-order valence-electron chi connectivity index (χ4n) is 0.163. The van der Waals surface area contributed by atoms with Gasteiger partial charge in [-0.25, -0.2) is 0 Å². The minimum Gasteiger partial charge on any atom is -0.346 e. The van der Waals surface area contributed by atoms with Crippen LogP contribution in [0.4, 0.5) is 0 Å². The van der Waals surface area contributed by atoms with E-state index in [4.69, 9.17) is 0 Å². The van der Waals surface area contributed by atoms with Gasteiger partial charge in [-0.1, -0.05) is 0 Å². The second-order valence-electron chi connectivity index (χ2n) is 0.972. The first-order valence-electron chi connectivity index (χ1n) is 2.31. The van der Waals surface area contributed by atoms with E-state index in [1.165, 1.54) is 6.26 Å². The third-order valence-electron chi connectivity index (χ3n) is 0.378. The van der Waals surface area contributed by atoms with Crippen LogP contribution in [0, 0.1) is 0 Å². The summed E-state index contributed by atoms with van der Waals surface area (Å²) in [6, 6.07) is 0. The molecule has 0 aliphatic carbocycles. The van der Waals surface area contributed by atoms with Crippen LogP contribution in [0.3, 0.4) is 0 Å². The summed E-state index contributed by atoms with van der Waals surface area (Å²) >= 11 is 0. The first-order valence-corrected chi connectivity index (χ1v) is 2.31. The fourth-order valence-corrected chi connectivity index (χ4v) is 0.163. The summed E-state index contributed by atoms with van der Waals surface area (Å²) in [6.45, 7) is 4.31. The van der Waals surface area contributed by atoms with Gasteiger partial charge in [-0.3, -0.25) is 0 Å². The third-order valence-corrected chi connectivity index (χ3v) is 0.378. The van der Waals surface area contributed by atoms with Gasteiger partial charge in [0.15, 0.2) is 0 Å². The van der Waals surface area contributed by atoms with Crippen molar-refractivity contribution in [3.05, 3.63) is 12.3 Å². The van der Waals surface area contributed by atoms with Crippen LogP contribution in [0.5, 0.6) is 0 Å². The molecule has 0 aromatic carbocycles. The Morgan fingerprint density at radius 3 is 2.71 bits per heavy atom. The van der Waals surface area contributed by atoms with Crippen LogP contribution < -0.4 is 0 Å². The molecule has 0 heterocycles.